The summed E-state index contributed by atoms with van der Waals surface area (Å²) < 4.78 is 49.7. The predicted molar refractivity (Wildman–Crippen MR) is 98.6 cm³/mol. The van der Waals surface area contributed by atoms with Crippen LogP contribution in [-0.2, 0) is 14.1 Å². The molecule has 0 fully saturated rings. The van der Waals surface area contributed by atoms with E-state index in [4.69, 9.17) is 4.74 Å². The molecule has 0 aliphatic heterocycles. The fourth-order valence-electron chi connectivity index (χ4n) is 2.69. The molecule has 3 rings (SSSR count). The van der Waals surface area contributed by atoms with Gasteiger partial charge < -0.3 is 8.92 Å². The third-order valence-corrected chi connectivity index (χ3v) is 4.39. The van der Waals surface area contributed by atoms with E-state index >= 15 is 0 Å². The number of hydrogen-bond acceptors (Lipinski definition) is 6. The van der Waals surface area contributed by atoms with Crippen LogP contribution in [0.3, 0.4) is 0 Å². The molecule has 150 valence electrons. The van der Waals surface area contributed by atoms with Crippen molar-refractivity contribution in [2.75, 3.05) is 0 Å². The smallest absolute Gasteiger partial charge is 0.437 e. The molecule has 0 unspecified atom stereocenters. The molecular weight excluding hydrogens is 397 g/mol. The van der Waals surface area contributed by atoms with Crippen molar-refractivity contribution in [2.24, 2.45) is 14.1 Å². The molecule has 28 heavy (non-hydrogen) atoms. The standard InChI is InChI=1S/C17H17F3N4O3S/c1-9(2)14-15-11(23(3)16(25)24(15)4)7-13(22-14)26-10-5-6-12(21-8-10)27-28-17(18,19)20/h5-9H,1-4H3. The van der Waals surface area contributed by atoms with E-state index in [0.717, 1.165) is 5.52 Å². The minimum absolute atomic E-state index is 0.0346. The molecule has 3 heterocycles. The number of hydrogen-bond donors (Lipinski definition) is 0. The Morgan fingerprint density at radius 3 is 2.43 bits per heavy atom. The van der Waals surface area contributed by atoms with Crippen molar-refractivity contribution in [2.45, 2.75) is 25.3 Å². The van der Waals surface area contributed by atoms with Crippen LogP contribution in [0.15, 0.2) is 29.2 Å². The number of imidazole rings is 1. The van der Waals surface area contributed by atoms with E-state index in [9.17, 15) is 18.0 Å². The van der Waals surface area contributed by atoms with Crippen molar-refractivity contribution >= 4 is 23.1 Å². The van der Waals surface area contributed by atoms with Gasteiger partial charge in [-0.25, -0.2) is 14.8 Å². The molecule has 0 atom stereocenters. The topological polar surface area (TPSA) is 71.2 Å². The van der Waals surface area contributed by atoms with Crippen LogP contribution in [0.25, 0.3) is 11.0 Å². The SMILES string of the molecule is CC(C)c1nc(Oc2ccc(OSC(F)(F)F)nc2)cc2c1n(C)c(=O)n2C. The van der Waals surface area contributed by atoms with Gasteiger partial charge in [-0.15, -0.1) is 0 Å². The Morgan fingerprint density at radius 1 is 1.14 bits per heavy atom. The number of fused-ring (bicyclic) bond motifs is 1. The molecule has 7 nitrogen and oxygen atoms in total. The predicted octanol–water partition coefficient (Wildman–Crippen LogP) is 4.13. The highest BCUT2D eigenvalue weighted by Gasteiger charge is 2.31. The first-order chi connectivity index (χ1) is 13.1. The molecule has 3 aromatic heterocycles. The van der Waals surface area contributed by atoms with Crippen LogP contribution < -0.4 is 14.6 Å². The number of halogens is 3. The Hall–Kier alpha value is -2.69. The van der Waals surface area contributed by atoms with Gasteiger partial charge in [0.2, 0.25) is 11.8 Å². The molecule has 0 amide bonds. The molecule has 0 saturated carbocycles. The minimum Gasteiger partial charge on any atom is -0.437 e. The molecule has 0 saturated heterocycles. The maximum absolute atomic E-state index is 12.3. The number of rotatable bonds is 5. The second kappa shape index (κ2) is 7.38. The molecule has 0 spiro atoms. The van der Waals surface area contributed by atoms with Crippen LogP contribution in [0.1, 0.15) is 25.5 Å². The fraction of sp³-hybridized carbons (Fsp3) is 0.353. The van der Waals surface area contributed by atoms with Crippen LogP contribution in [0.5, 0.6) is 17.5 Å². The van der Waals surface area contributed by atoms with Gasteiger partial charge in [-0.1, -0.05) is 13.8 Å². The van der Waals surface area contributed by atoms with E-state index < -0.39 is 17.6 Å². The van der Waals surface area contributed by atoms with Crippen LogP contribution >= 0.6 is 12.0 Å². The molecule has 0 bridgehead atoms. The van der Waals surface area contributed by atoms with Gasteiger partial charge in [0.25, 0.3) is 0 Å². The second-order valence-electron chi connectivity index (χ2n) is 6.32. The summed E-state index contributed by atoms with van der Waals surface area (Å²) in [4.78, 5) is 20.5. The molecule has 11 heteroatoms. The average Bonchev–Trinajstić information content (AvgIpc) is 2.84. The minimum atomic E-state index is -4.52. The van der Waals surface area contributed by atoms with Gasteiger partial charge in [-0.2, -0.15) is 13.2 Å². The van der Waals surface area contributed by atoms with Gasteiger partial charge in [-0.05, 0) is 12.0 Å². The van der Waals surface area contributed by atoms with Crippen molar-refractivity contribution in [3.8, 4) is 17.5 Å². The zero-order valence-corrected chi connectivity index (χ0v) is 16.3. The number of alkyl halides is 3. The van der Waals surface area contributed by atoms with Gasteiger partial charge in [0.1, 0.15) is 5.75 Å². The van der Waals surface area contributed by atoms with Gasteiger partial charge in [0.15, 0.2) is 12.0 Å². The zero-order chi connectivity index (χ0) is 20.6. The lowest BCUT2D eigenvalue weighted by molar-refractivity contribution is -0.0370. The maximum Gasteiger partial charge on any atom is 0.479 e. The number of aryl methyl sites for hydroxylation is 2. The van der Waals surface area contributed by atoms with Crippen molar-refractivity contribution < 1.29 is 22.1 Å². The van der Waals surface area contributed by atoms with Crippen molar-refractivity contribution in [1.29, 1.82) is 0 Å². The molecule has 0 aliphatic rings. The Bertz CT molecular complexity index is 1060. The van der Waals surface area contributed by atoms with E-state index in [-0.39, 0.29) is 29.1 Å². The third-order valence-electron chi connectivity index (χ3n) is 3.95. The summed E-state index contributed by atoms with van der Waals surface area (Å²) >= 11 is -0.642. The summed E-state index contributed by atoms with van der Waals surface area (Å²) in [5.74, 6) is 0.350. The van der Waals surface area contributed by atoms with Gasteiger partial charge in [-0.3, -0.25) is 9.13 Å². The highest BCUT2D eigenvalue weighted by atomic mass is 32.2. The van der Waals surface area contributed by atoms with E-state index in [0.29, 0.717) is 11.2 Å². The van der Waals surface area contributed by atoms with Crippen molar-refractivity contribution in [3.05, 3.63) is 40.6 Å². The van der Waals surface area contributed by atoms with E-state index in [2.05, 4.69) is 14.2 Å². The van der Waals surface area contributed by atoms with Crippen LogP contribution in [0.4, 0.5) is 13.2 Å². The van der Waals surface area contributed by atoms with Gasteiger partial charge in [0.05, 0.1) is 22.9 Å². The van der Waals surface area contributed by atoms with Crippen molar-refractivity contribution in [3.63, 3.8) is 0 Å². The normalized spacial score (nSPS) is 12.0. The third kappa shape index (κ3) is 4.08. The lowest BCUT2D eigenvalue weighted by Gasteiger charge is -2.12. The second-order valence-corrected chi connectivity index (χ2v) is 7.11. The number of aromatic nitrogens is 4. The molecule has 0 N–H and O–H groups in total. The summed E-state index contributed by atoms with van der Waals surface area (Å²) in [6, 6.07) is 4.31. The highest BCUT2D eigenvalue weighted by Crippen LogP contribution is 2.33. The summed E-state index contributed by atoms with van der Waals surface area (Å²) in [7, 11) is 3.34. The Kier molecular flexibility index (Phi) is 5.28. The van der Waals surface area contributed by atoms with E-state index in [1.165, 1.54) is 27.5 Å². The number of ether oxygens (including phenoxy) is 1. The van der Waals surface area contributed by atoms with E-state index in [1.54, 1.807) is 20.2 Å². The van der Waals surface area contributed by atoms with Crippen LogP contribution in [-0.4, -0.2) is 24.6 Å². The van der Waals surface area contributed by atoms with Crippen LogP contribution in [0.2, 0.25) is 0 Å². The summed E-state index contributed by atoms with van der Waals surface area (Å²) in [6.45, 7) is 3.91. The number of nitrogens with zero attached hydrogens (tertiary/aromatic N) is 4. The molecule has 3 aromatic rings. The lowest BCUT2D eigenvalue weighted by Crippen LogP contribution is -2.19. The summed E-state index contributed by atoms with van der Waals surface area (Å²) in [5.41, 5.74) is -2.62. The van der Waals surface area contributed by atoms with Gasteiger partial charge in [0, 0.05) is 26.2 Å². The largest absolute Gasteiger partial charge is 0.479 e. The number of pyridine rings is 2. The molecule has 0 aromatic carbocycles. The van der Waals surface area contributed by atoms with Gasteiger partial charge >= 0.3 is 11.2 Å². The lowest BCUT2D eigenvalue weighted by atomic mass is 10.1. The Balaban J connectivity index is 1.90. The molecular formula is C17H17F3N4O3S. The maximum atomic E-state index is 12.3. The van der Waals surface area contributed by atoms with Crippen LogP contribution in [0, 0.1) is 0 Å². The molecule has 0 radical (unpaired) electrons. The summed E-state index contributed by atoms with van der Waals surface area (Å²) in [6.07, 6.45) is 1.23. The fourth-order valence-corrected chi connectivity index (χ4v) is 2.96. The average molecular weight is 414 g/mol. The van der Waals surface area contributed by atoms with E-state index in [1.807, 2.05) is 13.8 Å². The first-order valence-electron chi connectivity index (χ1n) is 8.19. The highest BCUT2D eigenvalue weighted by molar-refractivity contribution is 7.95. The zero-order valence-electron chi connectivity index (χ0n) is 15.4. The quantitative estimate of drug-likeness (QED) is 0.585. The van der Waals surface area contributed by atoms with Crippen molar-refractivity contribution in [1.82, 2.24) is 19.1 Å². The summed E-state index contributed by atoms with van der Waals surface area (Å²) in [5, 5.41) is 0. The first kappa shape index (κ1) is 20.1. The Labute approximate surface area is 162 Å². The first-order valence-corrected chi connectivity index (χ1v) is 8.93. The molecule has 0 aliphatic carbocycles. The Morgan fingerprint density at radius 2 is 1.86 bits per heavy atom. The monoisotopic (exact) mass is 414 g/mol.